The molecule has 3 rings (SSSR count). The van der Waals surface area contributed by atoms with Gasteiger partial charge in [-0.1, -0.05) is 24.3 Å². The average molecular weight is 418 g/mol. The number of ether oxygens (including phenoxy) is 1. The van der Waals surface area contributed by atoms with E-state index in [9.17, 15) is 14.4 Å². The summed E-state index contributed by atoms with van der Waals surface area (Å²) < 4.78 is 7.39. The lowest BCUT2D eigenvalue weighted by molar-refractivity contribution is -0.118. The summed E-state index contributed by atoms with van der Waals surface area (Å²) in [6.45, 7) is 8.36. The lowest BCUT2D eigenvalue weighted by Crippen LogP contribution is -2.20. The molecule has 0 fully saturated rings. The molecule has 1 aromatic heterocycles. The number of ketones is 2. The predicted molar refractivity (Wildman–Crippen MR) is 121 cm³/mol. The van der Waals surface area contributed by atoms with Crippen LogP contribution in [0.15, 0.2) is 48.5 Å². The van der Waals surface area contributed by atoms with Gasteiger partial charge in [-0.05, 0) is 64.4 Å². The third-order valence-corrected chi connectivity index (χ3v) is 5.22. The van der Waals surface area contributed by atoms with E-state index in [2.05, 4.69) is 5.32 Å². The zero-order valence-corrected chi connectivity index (χ0v) is 18.4. The first-order valence-corrected chi connectivity index (χ1v) is 10.0. The van der Waals surface area contributed by atoms with Crippen molar-refractivity contribution in [3.05, 3.63) is 76.6 Å². The van der Waals surface area contributed by atoms with Gasteiger partial charge in [-0.25, -0.2) is 0 Å². The van der Waals surface area contributed by atoms with E-state index >= 15 is 0 Å². The minimum absolute atomic E-state index is 0.113. The average Bonchev–Trinajstić information content (AvgIpc) is 2.99. The minimum atomic E-state index is -0.279. The number of benzene rings is 2. The van der Waals surface area contributed by atoms with E-state index in [0.29, 0.717) is 34.0 Å². The molecule has 2 aromatic carbocycles. The molecule has 0 aliphatic heterocycles. The summed E-state index contributed by atoms with van der Waals surface area (Å²) in [6, 6.07) is 14.8. The number of para-hydroxylation sites is 1. The summed E-state index contributed by atoms with van der Waals surface area (Å²) in [5, 5.41) is 2.89. The lowest BCUT2D eigenvalue weighted by Gasteiger charge is -2.15. The summed E-state index contributed by atoms with van der Waals surface area (Å²) in [6.07, 6.45) is 0. The Morgan fingerprint density at radius 2 is 1.45 bits per heavy atom. The number of aryl methyl sites for hydroxylation is 1. The number of hydrogen-bond donors (Lipinski definition) is 1. The molecule has 0 spiro atoms. The third-order valence-electron chi connectivity index (χ3n) is 5.22. The molecule has 0 saturated heterocycles. The SMILES string of the molecule is CC(=O)c1c(C(C)=O)c(C)n(-c2ccc(C)c(NC(=O)COc3ccccc3)c2)c1C. The molecule has 0 unspecified atom stereocenters. The van der Waals surface area contributed by atoms with Crippen molar-refractivity contribution in [2.24, 2.45) is 0 Å². The summed E-state index contributed by atoms with van der Waals surface area (Å²) in [5.41, 5.74) is 4.56. The highest BCUT2D eigenvalue weighted by molar-refractivity contribution is 6.09. The Hall–Kier alpha value is -3.67. The second-order valence-electron chi connectivity index (χ2n) is 7.52. The van der Waals surface area contributed by atoms with E-state index in [0.717, 1.165) is 11.3 Å². The molecule has 0 aliphatic rings. The number of carbonyl (C=O) groups excluding carboxylic acids is 3. The molecule has 160 valence electrons. The van der Waals surface area contributed by atoms with Gasteiger partial charge in [-0.15, -0.1) is 0 Å². The van der Waals surface area contributed by atoms with Gasteiger partial charge in [0.15, 0.2) is 18.2 Å². The molecule has 0 saturated carbocycles. The summed E-state index contributed by atoms with van der Waals surface area (Å²) >= 11 is 0. The molecule has 1 heterocycles. The second-order valence-corrected chi connectivity index (χ2v) is 7.52. The highest BCUT2D eigenvalue weighted by atomic mass is 16.5. The molecule has 0 bridgehead atoms. The number of nitrogens with zero attached hydrogens (tertiary/aromatic N) is 1. The number of hydrogen-bond acceptors (Lipinski definition) is 4. The van der Waals surface area contributed by atoms with Gasteiger partial charge in [-0.2, -0.15) is 0 Å². The smallest absolute Gasteiger partial charge is 0.262 e. The topological polar surface area (TPSA) is 77.4 Å². The molecule has 6 nitrogen and oxygen atoms in total. The van der Waals surface area contributed by atoms with Crippen LogP contribution < -0.4 is 10.1 Å². The van der Waals surface area contributed by atoms with Crippen molar-refractivity contribution in [1.82, 2.24) is 4.57 Å². The quantitative estimate of drug-likeness (QED) is 0.558. The molecule has 31 heavy (non-hydrogen) atoms. The Morgan fingerprint density at radius 3 is 2.00 bits per heavy atom. The Labute approximate surface area is 181 Å². The molecule has 0 atom stereocenters. The number of nitrogens with one attached hydrogen (secondary N) is 1. The largest absolute Gasteiger partial charge is 0.484 e. The maximum Gasteiger partial charge on any atom is 0.262 e. The van der Waals surface area contributed by atoms with Crippen molar-refractivity contribution in [2.75, 3.05) is 11.9 Å². The Balaban J connectivity index is 1.91. The first kappa shape index (κ1) is 22.0. The van der Waals surface area contributed by atoms with Gasteiger partial charge >= 0.3 is 0 Å². The standard InChI is InChI=1S/C25H26N2O4/c1-15-11-12-20(27-16(2)24(18(4)28)25(17(27)3)19(5)29)13-22(15)26-23(30)14-31-21-9-7-6-8-10-21/h6-13H,14H2,1-5H3,(H,26,30). The van der Waals surface area contributed by atoms with E-state index in [1.165, 1.54) is 13.8 Å². The van der Waals surface area contributed by atoms with Crippen LogP contribution in [0.25, 0.3) is 5.69 Å². The van der Waals surface area contributed by atoms with Crippen LogP contribution in [0, 0.1) is 20.8 Å². The summed E-state index contributed by atoms with van der Waals surface area (Å²) in [5.74, 6) is 0.0423. The maximum atomic E-state index is 12.4. The van der Waals surface area contributed by atoms with Crippen molar-refractivity contribution in [3.8, 4) is 11.4 Å². The van der Waals surface area contributed by atoms with E-state index in [4.69, 9.17) is 4.74 Å². The molecule has 6 heteroatoms. The van der Waals surface area contributed by atoms with E-state index in [-0.39, 0.29) is 24.1 Å². The molecular formula is C25H26N2O4. The molecule has 0 radical (unpaired) electrons. The minimum Gasteiger partial charge on any atom is -0.484 e. The first-order chi connectivity index (χ1) is 14.7. The highest BCUT2D eigenvalue weighted by Gasteiger charge is 2.24. The van der Waals surface area contributed by atoms with E-state index < -0.39 is 0 Å². The van der Waals surface area contributed by atoms with Crippen LogP contribution in [-0.2, 0) is 4.79 Å². The number of amides is 1. The maximum absolute atomic E-state index is 12.4. The number of rotatable bonds is 7. The first-order valence-electron chi connectivity index (χ1n) is 10.0. The number of anilines is 1. The third kappa shape index (κ3) is 4.58. The number of carbonyl (C=O) groups is 3. The zero-order valence-electron chi connectivity index (χ0n) is 18.4. The summed E-state index contributed by atoms with van der Waals surface area (Å²) in [7, 11) is 0. The Morgan fingerprint density at radius 1 is 0.871 bits per heavy atom. The lowest BCUT2D eigenvalue weighted by atomic mass is 10.0. The van der Waals surface area contributed by atoms with Crippen LogP contribution in [0.1, 0.15) is 51.5 Å². The van der Waals surface area contributed by atoms with Crippen molar-refractivity contribution >= 4 is 23.2 Å². The normalized spacial score (nSPS) is 10.6. The van der Waals surface area contributed by atoms with Gasteiger partial charge in [0.2, 0.25) is 0 Å². The van der Waals surface area contributed by atoms with Gasteiger partial charge in [0.25, 0.3) is 5.91 Å². The van der Waals surface area contributed by atoms with Gasteiger partial charge in [0, 0.05) is 33.9 Å². The zero-order chi connectivity index (χ0) is 22.7. The van der Waals surface area contributed by atoms with Crippen LogP contribution in [0.3, 0.4) is 0 Å². The van der Waals surface area contributed by atoms with Crippen LogP contribution in [-0.4, -0.2) is 28.6 Å². The fourth-order valence-corrected chi connectivity index (χ4v) is 3.82. The van der Waals surface area contributed by atoms with Crippen LogP contribution in [0.2, 0.25) is 0 Å². The van der Waals surface area contributed by atoms with Crippen molar-refractivity contribution in [2.45, 2.75) is 34.6 Å². The van der Waals surface area contributed by atoms with Gasteiger partial charge in [0.05, 0.1) is 0 Å². The molecule has 3 aromatic rings. The monoisotopic (exact) mass is 418 g/mol. The predicted octanol–water partition coefficient (Wildman–Crippen LogP) is 4.83. The van der Waals surface area contributed by atoms with Crippen LogP contribution >= 0.6 is 0 Å². The highest BCUT2D eigenvalue weighted by Crippen LogP contribution is 2.29. The fraction of sp³-hybridized carbons (Fsp3) is 0.240. The molecule has 0 aliphatic carbocycles. The van der Waals surface area contributed by atoms with E-state index in [1.54, 1.807) is 12.1 Å². The van der Waals surface area contributed by atoms with Crippen molar-refractivity contribution in [3.63, 3.8) is 0 Å². The number of aromatic nitrogens is 1. The van der Waals surface area contributed by atoms with Crippen molar-refractivity contribution < 1.29 is 19.1 Å². The van der Waals surface area contributed by atoms with Crippen LogP contribution in [0.4, 0.5) is 5.69 Å². The van der Waals surface area contributed by atoms with Crippen LogP contribution in [0.5, 0.6) is 5.75 Å². The van der Waals surface area contributed by atoms with Gasteiger partial charge in [-0.3, -0.25) is 14.4 Å². The second kappa shape index (κ2) is 9.00. The van der Waals surface area contributed by atoms with Crippen molar-refractivity contribution in [1.29, 1.82) is 0 Å². The van der Waals surface area contributed by atoms with Gasteiger partial charge < -0.3 is 14.6 Å². The fourth-order valence-electron chi connectivity index (χ4n) is 3.82. The summed E-state index contributed by atoms with van der Waals surface area (Å²) in [4.78, 5) is 36.8. The van der Waals surface area contributed by atoms with Gasteiger partial charge in [0.1, 0.15) is 5.75 Å². The number of Topliss-reactive ketones (excluding diaryl/α,β-unsaturated/α-hetero) is 2. The molecule has 1 N–H and O–H groups in total. The Kier molecular flexibility index (Phi) is 6.39. The van der Waals surface area contributed by atoms with E-state index in [1.807, 2.05) is 61.7 Å². The molecule has 1 amide bonds. The Bertz CT molecular complexity index is 1120. The molecular weight excluding hydrogens is 392 g/mol.